The van der Waals surface area contributed by atoms with Gasteiger partial charge in [0, 0.05) is 24.7 Å². The molecule has 0 saturated heterocycles. The number of rotatable bonds is 14. The minimum atomic E-state index is 0.679. The molecular formula is C28H35NO2. The van der Waals surface area contributed by atoms with Gasteiger partial charge in [0.05, 0.1) is 13.2 Å². The maximum Gasteiger partial charge on any atom is 0.121 e. The number of hydrogen-bond acceptors (Lipinski definition) is 3. The monoisotopic (exact) mass is 417 g/mol. The highest BCUT2D eigenvalue weighted by molar-refractivity contribution is 5.48. The first-order chi connectivity index (χ1) is 15.3. The molecule has 0 aliphatic heterocycles. The van der Waals surface area contributed by atoms with Crippen molar-refractivity contribution < 1.29 is 9.47 Å². The van der Waals surface area contributed by atoms with Crippen molar-refractivity contribution >= 4 is 5.69 Å². The van der Waals surface area contributed by atoms with E-state index in [4.69, 9.17) is 9.47 Å². The van der Waals surface area contributed by atoms with Crippen LogP contribution in [0.5, 0.6) is 11.5 Å². The average Bonchev–Trinajstić information content (AvgIpc) is 2.81. The fraction of sp³-hybridized carbons (Fsp3) is 0.357. The second kappa shape index (κ2) is 13.4. The lowest BCUT2D eigenvalue weighted by molar-refractivity contribution is 0.304. The lowest BCUT2D eigenvalue weighted by Crippen LogP contribution is -2.03. The Morgan fingerprint density at radius 3 is 2.19 bits per heavy atom. The Hall–Kier alpha value is -2.94. The molecule has 0 atom stereocenters. The summed E-state index contributed by atoms with van der Waals surface area (Å²) in [6.45, 7) is 4.45. The largest absolute Gasteiger partial charge is 0.494 e. The van der Waals surface area contributed by atoms with E-state index in [1.165, 1.54) is 36.8 Å². The topological polar surface area (TPSA) is 30.5 Å². The summed E-state index contributed by atoms with van der Waals surface area (Å²) in [6.07, 6.45) is 7.17. The van der Waals surface area contributed by atoms with Crippen LogP contribution < -0.4 is 14.8 Å². The van der Waals surface area contributed by atoms with Crippen molar-refractivity contribution in [2.75, 3.05) is 18.5 Å². The van der Waals surface area contributed by atoms with E-state index in [1.807, 2.05) is 30.3 Å². The lowest BCUT2D eigenvalue weighted by atomic mass is 10.2. The molecule has 0 aliphatic rings. The van der Waals surface area contributed by atoms with Gasteiger partial charge in [0.2, 0.25) is 0 Å². The van der Waals surface area contributed by atoms with Crippen molar-refractivity contribution in [3.63, 3.8) is 0 Å². The van der Waals surface area contributed by atoms with Gasteiger partial charge in [-0.05, 0) is 41.8 Å². The molecule has 0 amide bonds. The Morgan fingerprint density at radius 2 is 1.35 bits per heavy atom. The fourth-order valence-electron chi connectivity index (χ4n) is 3.47. The third kappa shape index (κ3) is 8.75. The summed E-state index contributed by atoms with van der Waals surface area (Å²) in [5.41, 5.74) is 3.56. The van der Waals surface area contributed by atoms with Gasteiger partial charge < -0.3 is 14.8 Å². The van der Waals surface area contributed by atoms with E-state index in [2.05, 4.69) is 60.8 Å². The lowest BCUT2D eigenvalue weighted by Gasteiger charge is -2.11. The predicted octanol–water partition coefficient (Wildman–Crippen LogP) is 7.27. The van der Waals surface area contributed by atoms with Crippen molar-refractivity contribution in [1.82, 2.24) is 0 Å². The molecule has 3 aromatic rings. The first kappa shape index (κ1) is 22.7. The van der Waals surface area contributed by atoms with Gasteiger partial charge in [-0.3, -0.25) is 0 Å². The molecule has 3 aromatic carbocycles. The van der Waals surface area contributed by atoms with E-state index in [-0.39, 0.29) is 0 Å². The van der Waals surface area contributed by atoms with Crippen LogP contribution in [0.1, 0.15) is 50.2 Å². The van der Waals surface area contributed by atoms with Crippen LogP contribution in [-0.2, 0) is 13.0 Å². The van der Waals surface area contributed by atoms with E-state index in [9.17, 15) is 0 Å². The number of anilines is 1. The van der Waals surface area contributed by atoms with Gasteiger partial charge in [0.1, 0.15) is 11.5 Å². The van der Waals surface area contributed by atoms with Crippen LogP contribution in [0.15, 0.2) is 78.9 Å². The molecule has 0 radical (unpaired) electrons. The Labute approximate surface area is 187 Å². The summed E-state index contributed by atoms with van der Waals surface area (Å²) in [6, 6.07) is 26.9. The van der Waals surface area contributed by atoms with Crippen LogP contribution >= 0.6 is 0 Å². The molecule has 3 heteroatoms. The third-order valence-electron chi connectivity index (χ3n) is 5.25. The Kier molecular flexibility index (Phi) is 9.81. The van der Waals surface area contributed by atoms with Gasteiger partial charge in [-0.25, -0.2) is 0 Å². The van der Waals surface area contributed by atoms with Crippen molar-refractivity contribution in [3.8, 4) is 11.5 Å². The maximum absolute atomic E-state index is 5.95. The van der Waals surface area contributed by atoms with Gasteiger partial charge in [0.15, 0.2) is 0 Å². The fourth-order valence-corrected chi connectivity index (χ4v) is 3.47. The minimum Gasteiger partial charge on any atom is -0.494 e. The second-order valence-electron chi connectivity index (χ2n) is 7.88. The van der Waals surface area contributed by atoms with Crippen LogP contribution in [0.25, 0.3) is 0 Å². The zero-order chi connectivity index (χ0) is 21.6. The molecule has 0 unspecified atom stereocenters. The van der Waals surface area contributed by atoms with E-state index in [1.54, 1.807) is 0 Å². The maximum atomic E-state index is 5.95. The van der Waals surface area contributed by atoms with Crippen molar-refractivity contribution in [2.45, 2.75) is 52.0 Å². The second-order valence-corrected chi connectivity index (χ2v) is 7.88. The summed E-state index contributed by atoms with van der Waals surface area (Å²) >= 11 is 0. The van der Waals surface area contributed by atoms with Gasteiger partial charge in [-0.2, -0.15) is 0 Å². The molecule has 0 spiro atoms. The summed E-state index contributed by atoms with van der Waals surface area (Å²) in [5, 5.41) is 3.49. The van der Waals surface area contributed by atoms with Crippen LogP contribution in [0.2, 0.25) is 0 Å². The molecule has 0 heterocycles. The molecular weight excluding hydrogens is 382 g/mol. The number of ether oxygens (including phenoxy) is 2. The molecule has 0 fully saturated rings. The number of nitrogens with one attached hydrogen (secondary N) is 1. The number of hydrogen-bond donors (Lipinski definition) is 1. The highest BCUT2D eigenvalue weighted by atomic mass is 16.5. The quantitative estimate of drug-likeness (QED) is 0.280. The smallest absolute Gasteiger partial charge is 0.121 e. The Balaban J connectivity index is 1.41. The number of benzene rings is 3. The van der Waals surface area contributed by atoms with Crippen molar-refractivity contribution in [3.05, 3.63) is 90.0 Å². The van der Waals surface area contributed by atoms with Crippen molar-refractivity contribution in [1.29, 1.82) is 0 Å². The zero-order valence-electron chi connectivity index (χ0n) is 18.7. The molecule has 164 valence electrons. The molecule has 0 aliphatic carbocycles. The van der Waals surface area contributed by atoms with Crippen LogP contribution in [-0.4, -0.2) is 13.2 Å². The van der Waals surface area contributed by atoms with Crippen molar-refractivity contribution in [2.24, 2.45) is 0 Å². The van der Waals surface area contributed by atoms with Gasteiger partial charge >= 0.3 is 0 Å². The molecule has 0 saturated carbocycles. The molecule has 0 bridgehead atoms. The average molecular weight is 418 g/mol. The molecule has 3 rings (SSSR count). The van der Waals surface area contributed by atoms with E-state index in [0.29, 0.717) is 6.61 Å². The molecule has 3 nitrogen and oxygen atoms in total. The highest BCUT2D eigenvalue weighted by Crippen LogP contribution is 2.20. The first-order valence-electron chi connectivity index (χ1n) is 11.6. The normalized spacial score (nSPS) is 10.6. The van der Waals surface area contributed by atoms with Crippen LogP contribution in [0, 0.1) is 0 Å². The summed E-state index contributed by atoms with van der Waals surface area (Å²) in [4.78, 5) is 0. The van der Waals surface area contributed by atoms with Gasteiger partial charge in [-0.1, -0.05) is 81.1 Å². The van der Waals surface area contributed by atoms with E-state index >= 15 is 0 Å². The van der Waals surface area contributed by atoms with Gasteiger partial charge in [0.25, 0.3) is 0 Å². The molecule has 1 N–H and O–H groups in total. The summed E-state index contributed by atoms with van der Waals surface area (Å²) in [7, 11) is 0. The zero-order valence-corrected chi connectivity index (χ0v) is 18.7. The minimum absolute atomic E-state index is 0.679. The molecule has 0 aromatic heterocycles. The van der Waals surface area contributed by atoms with Crippen LogP contribution in [0.4, 0.5) is 5.69 Å². The van der Waals surface area contributed by atoms with E-state index in [0.717, 1.165) is 43.2 Å². The highest BCUT2D eigenvalue weighted by Gasteiger charge is 2.01. The summed E-state index contributed by atoms with van der Waals surface area (Å²) < 4.78 is 11.9. The Bertz CT molecular complexity index is 879. The SMILES string of the molecule is CCCCCCCOc1cccc(NCc2cccc(OCCc3ccccc3)c2)c1. The van der Waals surface area contributed by atoms with E-state index < -0.39 is 0 Å². The number of unbranched alkanes of at least 4 members (excludes halogenated alkanes) is 4. The molecule has 31 heavy (non-hydrogen) atoms. The first-order valence-corrected chi connectivity index (χ1v) is 11.6. The predicted molar refractivity (Wildman–Crippen MR) is 130 cm³/mol. The van der Waals surface area contributed by atoms with Gasteiger partial charge in [-0.15, -0.1) is 0 Å². The standard InChI is InChI=1S/C28H35NO2/c1-2-3-4-5-9-19-30-28-17-11-15-26(22-28)29-23-25-14-10-16-27(21-25)31-20-18-24-12-7-6-8-13-24/h6-8,10-17,21-22,29H,2-5,9,18-20,23H2,1H3. The summed E-state index contributed by atoms with van der Waals surface area (Å²) in [5.74, 6) is 1.84. The third-order valence-corrected chi connectivity index (χ3v) is 5.25. The Morgan fingerprint density at radius 1 is 0.645 bits per heavy atom. The van der Waals surface area contributed by atoms with Crippen LogP contribution in [0.3, 0.4) is 0 Å².